The van der Waals surface area contributed by atoms with Crippen molar-refractivity contribution in [2.75, 3.05) is 5.32 Å². The van der Waals surface area contributed by atoms with E-state index < -0.39 is 0 Å². The van der Waals surface area contributed by atoms with Gasteiger partial charge in [0.05, 0.1) is 11.9 Å². The summed E-state index contributed by atoms with van der Waals surface area (Å²) in [5.74, 6) is -0.114. The van der Waals surface area contributed by atoms with Crippen LogP contribution in [0.1, 0.15) is 15.9 Å². The van der Waals surface area contributed by atoms with E-state index in [9.17, 15) is 4.79 Å². The third-order valence-corrected chi connectivity index (χ3v) is 2.32. The van der Waals surface area contributed by atoms with Crippen molar-refractivity contribution >= 4 is 11.6 Å². The van der Waals surface area contributed by atoms with E-state index in [1.54, 1.807) is 24.5 Å². The summed E-state index contributed by atoms with van der Waals surface area (Å²) in [6.07, 6.45) is 3.35. The summed E-state index contributed by atoms with van der Waals surface area (Å²) in [5.41, 5.74) is 2.39. The van der Waals surface area contributed by atoms with Crippen LogP contribution in [-0.2, 0) is 0 Å². The topological polar surface area (TPSA) is 42.0 Å². The number of rotatable bonds is 2. The Labute approximate surface area is 94.1 Å². The Morgan fingerprint density at radius 3 is 2.62 bits per heavy atom. The molecule has 0 bridgehead atoms. The lowest BCUT2D eigenvalue weighted by molar-refractivity contribution is 0.102. The van der Waals surface area contributed by atoms with E-state index in [2.05, 4.69) is 10.3 Å². The molecular formula is C13H12N2O. The van der Waals surface area contributed by atoms with Crippen molar-refractivity contribution < 1.29 is 4.79 Å². The minimum atomic E-state index is -0.114. The van der Waals surface area contributed by atoms with Crippen LogP contribution in [0.25, 0.3) is 0 Å². The number of anilines is 1. The van der Waals surface area contributed by atoms with Crippen molar-refractivity contribution in [1.82, 2.24) is 4.98 Å². The predicted molar refractivity (Wildman–Crippen MR) is 63.4 cm³/mol. The molecule has 80 valence electrons. The molecule has 0 aliphatic heterocycles. The number of nitrogens with one attached hydrogen (secondary N) is 1. The van der Waals surface area contributed by atoms with E-state index in [1.807, 2.05) is 31.2 Å². The van der Waals surface area contributed by atoms with Crippen molar-refractivity contribution in [2.45, 2.75) is 6.92 Å². The Kier molecular flexibility index (Phi) is 2.96. The molecule has 2 aromatic rings. The predicted octanol–water partition coefficient (Wildman–Crippen LogP) is 2.64. The van der Waals surface area contributed by atoms with Crippen LogP contribution in [-0.4, -0.2) is 10.9 Å². The van der Waals surface area contributed by atoms with Crippen LogP contribution < -0.4 is 5.32 Å². The van der Waals surface area contributed by atoms with Crippen molar-refractivity contribution in [1.29, 1.82) is 0 Å². The van der Waals surface area contributed by atoms with Gasteiger partial charge < -0.3 is 5.32 Å². The Morgan fingerprint density at radius 1 is 1.19 bits per heavy atom. The summed E-state index contributed by atoms with van der Waals surface area (Å²) in [6, 6.07) is 11.0. The zero-order chi connectivity index (χ0) is 11.4. The van der Waals surface area contributed by atoms with Gasteiger partial charge in [0.15, 0.2) is 0 Å². The fourth-order valence-corrected chi connectivity index (χ4v) is 1.38. The molecule has 2 rings (SSSR count). The molecular weight excluding hydrogens is 200 g/mol. The van der Waals surface area contributed by atoms with E-state index in [-0.39, 0.29) is 5.91 Å². The molecule has 0 saturated heterocycles. The molecule has 0 saturated carbocycles. The zero-order valence-corrected chi connectivity index (χ0v) is 8.97. The second-order valence-electron chi connectivity index (χ2n) is 3.51. The number of aromatic nitrogens is 1. The molecule has 1 aromatic carbocycles. The SMILES string of the molecule is Cc1ccncc1NC(=O)c1ccccc1. The lowest BCUT2D eigenvalue weighted by Gasteiger charge is -2.06. The number of nitrogens with zero attached hydrogens (tertiary/aromatic N) is 1. The highest BCUT2D eigenvalue weighted by Crippen LogP contribution is 2.12. The average molecular weight is 212 g/mol. The third kappa shape index (κ3) is 2.25. The highest BCUT2D eigenvalue weighted by molar-refractivity contribution is 6.04. The molecule has 1 N–H and O–H groups in total. The maximum Gasteiger partial charge on any atom is 0.255 e. The summed E-state index contributed by atoms with van der Waals surface area (Å²) in [4.78, 5) is 15.8. The summed E-state index contributed by atoms with van der Waals surface area (Å²) in [6.45, 7) is 1.93. The van der Waals surface area contributed by atoms with Crippen LogP contribution in [0.2, 0.25) is 0 Å². The summed E-state index contributed by atoms with van der Waals surface area (Å²) < 4.78 is 0. The van der Waals surface area contributed by atoms with E-state index in [1.165, 1.54) is 0 Å². The number of carbonyl (C=O) groups is 1. The molecule has 0 unspecified atom stereocenters. The molecule has 0 radical (unpaired) electrons. The highest BCUT2D eigenvalue weighted by atomic mass is 16.1. The van der Waals surface area contributed by atoms with Crippen LogP contribution in [0.15, 0.2) is 48.8 Å². The van der Waals surface area contributed by atoms with Gasteiger partial charge in [0.1, 0.15) is 0 Å². The standard InChI is InChI=1S/C13H12N2O/c1-10-7-8-14-9-12(10)15-13(16)11-5-3-2-4-6-11/h2-9H,1H3,(H,15,16). The molecule has 0 spiro atoms. The zero-order valence-electron chi connectivity index (χ0n) is 8.97. The molecule has 1 aromatic heterocycles. The molecule has 0 aliphatic carbocycles. The lowest BCUT2D eigenvalue weighted by atomic mass is 10.2. The normalized spacial score (nSPS) is 9.81. The van der Waals surface area contributed by atoms with E-state index >= 15 is 0 Å². The monoisotopic (exact) mass is 212 g/mol. The number of hydrogen-bond acceptors (Lipinski definition) is 2. The van der Waals surface area contributed by atoms with Gasteiger partial charge in [0.2, 0.25) is 0 Å². The minimum Gasteiger partial charge on any atom is -0.320 e. The van der Waals surface area contributed by atoms with Crippen LogP contribution >= 0.6 is 0 Å². The van der Waals surface area contributed by atoms with Gasteiger partial charge in [-0.1, -0.05) is 18.2 Å². The smallest absolute Gasteiger partial charge is 0.255 e. The number of amides is 1. The van der Waals surface area contributed by atoms with Gasteiger partial charge in [-0.2, -0.15) is 0 Å². The van der Waals surface area contributed by atoms with Crippen LogP contribution in [0.4, 0.5) is 5.69 Å². The van der Waals surface area contributed by atoms with Gasteiger partial charge >= 0.3 is 0 Å². The van der Waals surface area contributed by atoms with Crippen molar-refractivity contribution in [2.24, 2.45) is 0 Å². The third-order valence-electron chi connectivity index (χ3n) is 2.32. The van der Waals surface area contributed by atoms with Crippen molar-refractivity contribution in [3.63, 3.8) is 0 Å². The van der Waals surface area contributed by atoms with Crippen molar-refractivity contribution in [3.05, 3.63) is 59.9 Å². The fourth-order valence-electron chi connectivity index (χ4n) is 1.38. The molecule has 3 heteroatoms. The molecule has 0 fully saturated rings. The van der Waals surface area contributed by atoms with Gasteiger partial charge in [0.25, 0.3) is 5.91 Å². The molecule has 3 nitrogen and oxygen atoms in total. The Hall–Kier alpha value is -2.16. The number of aryl methyl sites for hydroxylation is 1. The number of pyridine rings is 1. The van der Waals surface area contributed by atoms with Crippen molar-refractivity contribution in [3.8, 4) is 0 Å². The molecule has 1 amide bonds. The Balaban J connectivity index is 2.18. The van der Waals surface area contributed by atoms with Crippen LogP contribution in [0.3, 0.4) is 0 Å². The first kappa shape index (κ1) is 10.4. The van der Waals surface area contributed by atoms with Gasteiger partial charge in [0, 0.05) is 11.8 Å². The summed E-state index contributed by atoms with van der Waals surface area (Å²) in [7, 11) is 0. The van der Waals surface area contributed by atoms with E-state index in [0.717, 1.165) is 11.3 Å². The second-order valence-corrected chi connectivity index (χ2v) is 3.51. The first-order valence-electron chi connectivity index (χ1n) is 5.04. The Bertz CT molecular complexity index is 494. The lowest BCUT2D eigenvalue weighted by Crippen LogP contribution is -2.12. The van der Waals surface area contributed by atoms with Gasteiger partial charge in [-0.3, -0.25) is 9.78 Å². The molecule has 16 heavy (non-hydrogen) atoms. The van der Waals surface area contributed by atoms with Gasteiger partial charge in [-0.05, 0) is 30.7 Å². The quantitative estimate of drug-likeness (QED) is 0.831. The van der Waals surface area contributed by atoms with Crippen LogP contribution in [0, 0.1) is 6.92 Å². The van der Waals surface area contributed by atoms with E-state index in [4.69, 9.17) is 0 Å². The highest BCUT2D eigenvalue weighted by Gasteiger charge is 2.06. The van der Waals surface area contributed by atoms with Crippen LogP contribution in [0.5, 0.6) is 0 Å². The number of benzene rings is 1. The maximum atomic E-state index is 11.8. The average Bonchev–Trinajstić information content (AvgIpc) is 2.33. The molecule has 0 atom stereocenters. The summed E-state index contributed by atoms with van der Waals surface area (Å²) in [5, 5.41) is 2.83. The summed E-state index contributed by atoms with van der Waals surface area (Å²) >= 11 is 0. The molecule has 1 heterocycles. The van der Waals surface area contributed by atoms with E-state index in [0.29, 0.717) is 5.56 Å². The molecule has 0 aliphatic rings. The first-order valence-corrected chi connectivity index (χ1v) is 5.04. The Morgan fingerprint density at radius 2 is 1.94 bits per heavy atom. The first-order chi connectivity index (χ1) is 7.77. The second kappa shape index (κ2) is 4.57. The number of carbonyl (C=O) groups excluding carboxylic acids is 1. The minimum absolute atomic E-state index is 0.114. The van der Waals surface area contributed by atoms with Gasteiger partial charge in [-0.15, -0.1) is 0 Å². The van der Waals surface area contributed by atoms with Gasteiger partial charge in [-0.25, -0.2) is 0 Å². The largest absolute Gasteiger partial charge is 0.320 e. The number of hydrogen-bond donors (Lipinski definition) is 1. The fraction of sp³-hybridized carbons (Fsp3) is 0.0769. The maximum absolute atomic E-state index is 11.8.